The average molecular weight is 303 g/mol. The third-order valence-electron chi connectivity index (χ3n) is 3.04. The van der Waals surface area contributed by atoms with Gasteiger partial charge in [0.25, 0.3) is 0 Å². The molecule has 2 N–H and O–H groups in total. The Bertz CT molecular complexity index is 547. The van der Waals surface area contributed by atoms with E-state index in [-0.39, 0.29) is 16.9 Å². The second-order valence-corrected chi connectivity index (χ2v) is 7.93. The van der Waals surface area contributed by atoms with Crippen molar-refractivity contribution in [3.05, 3.63) is 18.0 Å². The van der Waals surface area contributed by atoms with Gasteiger partial charge in [-0.2, -0.15) is 0 Å². The van der Waals surface area contributed by atoms with E-state index in [0.717, 1.165) is 6.54 Å². The van der Waals surface area contributed by atoms with E-state index in [2.05, 4.69) is 4.72 Å². The summed E-state index contributed by atoms with van der Waals surface area (Å²) in [6.07, 6.45) is 1.51. The molecular formula is C13H25N3O3S. The molecule has 0 atom stereocenters. The zero-order valence-electron chi connectivity index (χ0n) is 12.8. The first-order valence-corrected chi connectivity index (χ1v) is 7.96. The van der Waals surface area contributed by atoms with Gasteiger partial charge in [0.2, 0.25) is 10.0 Å². The third kappa shape index (κ3) is 4.59. The highest BCUT2D eigenvalue weighted by Gasteiger charge is 2.24. The van der Waals surface area contributed by atoms with Crippen molar-refractivity contribution in [2.45, 2.75) is 25.3 Å². The van der Waals surface area contributed by atoms with Gasteiger partial charge in [-0.25, -0.2) is 13.1 Å². The van der Waals surface area contributed by atoms with E-state index in [4.69, 9.17) is 5.11 Å². The number of hydrogen-bond acceptors (Lipinski definition) is 4. The third-order valence-corrected chi connectivity index (χ3v) is 4.41. The molecule has 1 aromatic rings. The highest BCUT2D eigenvalue weighted by atomic mass is 32.2. The zero-order chi connectivity index (χ0) is 15.6. The molecule has 0 unspecified atom stereocenters. The van der Waals surface area contributed by atoms with Crippen LogP contribution in [0.2, 0.25) is 0 Å². The molecule has 0 radical (unpaired) electrons. The van der Waals surface area contributed by atoms with Gasteiger partial charge in [-0.15, -0.1) is 0 Å². The van der Waals surface area contributed by atoms with Crippen LogP contribution in [0, 0.1) is 5.41 Å². The molecule has 0 aromatic carbocycles. The fourth-order valence-electron chi connectivity index (χ4n) is 2.17. The number of aryl methyl sites for hydroxylation is 1. The molecule has 0 aliphatic rings. The van der Waals surface area contributed by atoms with E-state index in [1.807, 2.05) is 32.8 Å². The summed E-state index contributed by atoms with van der Waals surface area (Å²) in [5.41, 5.74) is 0.406. The summed E-state index contributed by atoms with van der Waals surface area (Å²) >= 11 is 0. The average Bonchev–Trinajstić information content (AvgIpc) is 2.67. The van der Waals surface area contributed by atoms with Crippen LogP contribution in [-0.2, 0) is 23.7 Å². The predicted molar refractivity (Wildman–Crippen MR) is 78.9 cm³/mol. The number of aliphatic hydroxyl groups excluding tert-OH is 1. The summed E-state index contributed by atoms with van der Waals surface area (Å²) in [5, 5.41) is 9.11. The minimum absolute atomic E-state index is 0.162. The van der Waals surface area contributed by atoms with Crippen LogP contribution >= 0.6 is 0 Å². The van der Waals surface area contributed by atoms with Crippen LogP contribution in [0.1, 0.15) is 19.5 Å². The highest BCUT2D eigenvalue weighted by molar-refractivity contribution is 7.89. The van der Waals surface area contributed by atoms with Gasteiger partial charge in [0, 0.05) is 32.0 Å². The molecule has 0 aliphatic heterocycles. The summed E-state index contributed by atoms with van der Waals surface area (Å²) in [7, 11) is 2.09. The van der Waals surface area contributed by atoms with Crippen LogP contribution in [0.15, 0.2) is 17.2 Å². The van der Waals surface area contributed by atoms with Crippen molar-refractivity contribution in [3.8, 4) is 0 Å². The van der Waals surface area contributed by atoms with Gasteiger partial charge < -0.3 is 14.6 Å². The Labute approximate surface area is 121 Å². The van der Waals surface area contributed by atoms with Crippen molar-refractivity contribution in [2.24, 2.45) is 12.5 Å². The van der Waals surface area contributed by atoms with Crippen LogP contribution in [0.5, 0.6) is 0 Å². The molecule has 0 spiro atoms. The van der Waals surface area contributed by atoms with Gasteiger partial charge >= 0.3 is 0 Å². The van der Waals surface area contributed by atoms with Crippen LogP contribution in [0.3, 0.4) is 0 Å². The van der Waals surface area contributed by atoms with Crippen LogP contribution < -0.4 is 4.72 Å². The van der Waals surface area contributed by atoms with E-state index in [9.17, 15) is 8.42 Å². The molecule has 0 amide bonds. The SMILES string of the molecule is CN(C)CC(C)(C)CNS(=O)(=O)c1cc(CO)n(C)c1. The maximum Gasteiger partial charge on any atom is 0.242 e. The molecule has 6 nitrogen and oxygen atoms in total. The molecule has 0 bridgehead atoms. The largest absolute Gasteiger partial charge is 0.390 e. The van der Waals surface area contributed by atoms with Crippen LogP contribution in [0.25, 0.3) is 0 Å². The maximum atomic E-state index is 12.2. The zero-order valence-corrected chi connectivity index (χ0v) is 13.7. The number of nitrogens with one attached hydrogen (secondary N) is 1. The van der Waals surface area contributed by atoms with Crippen molar-refractivity contribution >= 4 is 10.0 Å². The maximum absolute atomic E-state index is 12.2. The number of aromatic nitrogens is 1. The Morgan fingerprint density at radius 3 is 2.45 bits per heavy atom. The molecule has 1 heterocycles. The Morgan fingerprint density at radius 1 is 1.40 bits per heavy atom. The van der Waals surface area contributed by atoms with Gasteiger partial charge in [-0.05, 0) is 25.6 Å². The molecule has 0 fully saturated rings. The smallest absolute Gasteiger partial charge is 0.242 e. The first-order valence-electron chi connectivity index (χ1n) is 6.48. The molecule has 1 rings (SSSR count). The molecule has 116 valence electrons. The van der Waals surface area contributed by atoms with E-state index in [1.165, 1.54) is 12.3 Å². The van der Waals surface area contributed by atoms with E-state index in [0.29, 0.717) is 12.2 Å². The van der Waals surface area contributed by atoms with Gasteiger partial charge in [0.15, 0.2) is 0 Å². The van der Waals surface area contributed by atoms with Gasteiger partial charge in [-0.3, -0.25) is 0 Å². The Balaban J connectivity index is 2.80. The number of sulfonamides is 1. The number of hydrogen-bond donors (Lipinski definition) is 2. The number of rotatable bonds is 7. The monoisotopic (exact) mass is 303 g/mol. The molecule has 0 saturated heterocycles. The minimum atomic E-state index is -3.54. The Kier molecular flexibility index (Phi) is 5.37. The quantitative estimate of drug-likeness (QED) is 0.764. The minimum Gasteiger partial charge on any atom is -0.390 e. The van der Waals surface area contributed by atoms with E-state index < -0.39 is 10.0 Å². The van der Waals surface area contributed by atoms with Crippen molar-refractivity contribution < 1.29 is 13.5 Å². The molecule has 0 aliphatic carbocycles. The molecular weight excluding hydrogens is 278 g/mol. The lowest BCUT2D eigenvalue weighted by atomic mass is 9.93. The van der Waals surface area contributed by atoms with Crippen molar-refractivity contribution in [1.29, 1.82) is 0 Å². The van der Waals surface area contributed by atoms with E-state index in [1.54, 1.807) is 11.6 Å². The van der Waals surface area contributed by atoms with Gasteiger partial charge in [0.05, 0.1) is 11.5 Å². The fraction of sp³-hybridized carbons (Fsp3) is 0.692. The van der Waals surface area contributed by atoms with Crippen molar-refractivity contribution in [2.75, 3.05) is 27.2 Å². The summed E-state index contributed by atoms with van der Waals surface area (Å²) in [6.45, 7) is 4.99. The second-order valence-electron chi connectivity index (χ2n) is 6.16. The Morgan fingerprint density at radius 2 is 2.00 bits per heavy atom. The molecule has 0 saturated carbocycles. The van der Waals surface area contributed by atoms with Gasteiger partial charge in [-0.1, -0.05) is 13.8 Å². The van der Waals surface area contributed by atoms with Crippen LogP contribution in [-0.4, -0.2) is 50.2 Å². The number of nitrogens with zero attached hydrogens (tertiary/aromatic N) is 2. The Hall–Kier alpha value is -0.890. The summed E-state index contributed by atoms with van der Waals surface area (Å²) in [5.74, 6) is 0. The molecule has 1 aromatic heterocycles. The summed E-state index contributed by atoms with van der Waals surface area (Å²) < 4.78 is 28.7. The van der Waals surface area contributed by atoms with Gasteiger partial charge in [0.1, 0.15) is 0 Å². The summed E-state index contributed by atoms with van der Waals surface area (Å²) in [6, 6.07) is 1.49. The fourth-order valence-corrected chi connectivity index (χ4v) is 3.50. The number of aliphatic hydroxyl groups is 1. The lowest BCUT2D eigenvalue weighted by Gasteiger charge is -2.28. The van der Waals surface area contributed by atoms with Crippen LogP contribution in [0.4, 0.5) is 0 Å². The summed E-state index contributed by atoms with van der Waals surface area (Å²) in [4.78, 5) is 2.21. The molecule has 7 heteroatoms. The first kappa shape index (κ1) is 17.2. The lowest BCUT2D eigenvalue weighted by molar-refractivity contribution is 0.242. The van der Waals surface area contributed by atoms with Crippen molar-refractivity contribution in [3.63, 3.8) is 0 Å². The lowest BCUT2D eigenvalue weighted by Crippen LogP contribution is -2.39. The standard InChI is InChI=1S/C13H25N3O3S/c1-13(2,10-15(3)4)9-14-20(18,19)12-6-11(8-17)16(5)7-12/h6-7,14,17H,8-10H2,1-5H3. The normalized spacial score (nSPS) is 13.2. The molecule has 20 heavy (non-hydrogen) atoms. The first-order chi connectivity index (χ1) is 9.07. The topological polar surface area (TPSA) is 74.6 Å². The van der Waals surface area contributed by atoms with Crippen molar-refractivity contribution in [1.82, 2.24) is 14.2 Å². The highest BCUT2D eigenvalue weighted by Crippen LogP contribution is 2.18. The van der Waals surface area contributed by atoms with E-state index >= 15 is 0 Å². The predicted octanol–water partition coefficient (Wildman–Crippen LogP) is 0.384. The second kappa shape index (κ2) is 6.26.